The molecule has 53 heavy (non-hydrogen) atoms. The van der Waals surface area contributed by atoms with E-state index in [2.05, 4.69) is 20.5 Å². The molecule has 6 aromatic rings. The molecule has 2 aliphatic rings. The number of hydrogen-bond donors (Lipinski definition) is 0. The second-order valence-electron chi connectivity index (χ2n) is 13.9. The number of nitrogens with zero attached hydrogens (tertiary/aromatic N) is 5. The van der Waals surface area contributed by atoms with E-state index in [1.807, 2.05) is 160 Å². The molecule has 1 fully saturated rings. The summed E-state index contributed by atoms with van der Waals surface area (Å²) in [6.45, 7) is 7.92. The van der Waals surface area contributed by atoms with E-state index in [4.69, 9.17) is 9.31 Å². The molecule has 0 unspecified atom stereocenters. The Hall–Kier alpha value is -5.75. The lowest BCUT2D eigenvalue weighted by atomic mass is 9.77. The summed E-state index contributed by atoms with van der Waals surface area (Å²) < 4.78 is 42.3. The lowest BCUT2D eigenvalue weighted by Crippen LogP contribution is -2.41. The van der Waals surface area contributed by atoms with Gasteiger partial charge in [0.05, 0.1) is 55.1 Å². The SMILES string of the molecule is CC1(C)OB(c2cc(-c3ccc(/N=N/c4ccccc4)cc3)c3c(c2)S(=O)(=O)c2ccccc2N3c2ccc(/N=N/c3ccccc3)cc2)OC1(C)C. The molecule has 0 spiro atoms. The van der Waals surface area contributed by atoms with Crippen molar-refractivity contribution in [1.82, 2.24) is 0 Å². The minimum absolute atomic E-state index is 0.152. The van der Waals surface area contributed by atoms with E-state index < -0.39 is 28.2 Å². The van der Waals surface area contributed by atoms with Crippen LogP contribution in [0, 0.1) is 0 Å². The molecule has 8 rings (SSSR count). The molecule has 6 aromatic carbocycles. The Kier molecular flexibility index (Phi) is 8.65. The maximum Gasteiger partial charge on any atom is 0.494 e. The molecular formula is C42H36BN5O4S. The van der Waals surface area contributed by atoms with Crippen molar-refractivity contribution in [2.75, 3.05) is 4.90 Å². The summed E-state index contributed by atoms with van der Waals surface area (Å²) >= 11 is 0. The molecule has 2 heterocycles. The number of benzene rings is 6. The lowest BCUT2D eigenvalue weighted by Gasteiger charge is -2.35. The topological polar surface area (TPSA) is 105 Å². The fourth-order valence-corrected chi connectivity index (χ4v) is 8.05. The van der Waals surface area contributed by atoms with Gasteiger partial charge in [0.15, 0.2) is 0 Å². The summed E-state index contributed by atoms with van der Waals surface area (Å²) in [5, 5.41) is 17.6. The number of hydrogen-bond acceptors (Lipinski definition) is 9. The summed E-state index contributed by atoms with van der Waals surface area (Å²) in [7, 11) is -4.79. The highest BCUT2D eigenvalue weighted by Gasteiger charge is 2.52. The molecule has 0 aromatic heterocycles. The molecule has 1 saturated heterocycles. The van der Waals surface area contributed by atoms with Crippen LogP contribution >= 0.6 is 0 Å². The highest BCUT2D eigenvalue weighted by molar-refractivity contribution is 7.92. The van der Waals surface area contributed by atoms with Gasteiger partial charge in [0, 0.05) is 11.3 Å². The largest absolute Gasteiger partial charge is 0.494 e. The van der Waals surface area contributed by atoms with Crippen LogP contribution in [0.25, 0.3) is 11.1 Å². The maximum atomic E-state index is 14.7. The fourth-order valence-electron chi connectivity index (χ4n) is 6.37. The molecule has 0 N–H and O–H groups in total. The van der Waals surface area contributed by atoms with Gasteiger partial charge in [0.25, 0.3) is 0 Å². The van der Waals surface area contributed by atoms with Crippen molar-refractivity contribution in [3.05, 3.63) is 146 Å². The molecular weight excluding hydrogens is 681 g/mol. The van der Waals surface area contributed by atoms with Crippen LogP contribution in [0.4, 0.5) is 39.8 Å². The van der Waals surface area contributed by atoms with Gasteiger partial charge < -0.3 is 14.2 Å². The Labute approximate surface area is 309 Å². The third kappa shape index (κ3) is 6.48. The van der Waals surface area contributed by atoms with Gasteiger partial charge in [0.2, 0.25) is 9.84 Å². The molecule has 0 aliphatic carbocycles. The normalized spacial score (nSPS) is 16.9. The summed E-state index contributed by atoms with van der Waals surface area (Å²) in [5.74, 6) is 0. The standard InChI is InChI=1S/C42H36BN5O4S/c1-41(2)42(3,4)52-43(51-41)30-27-36(29-19-21-33(22-20-29)46-44-31-13-7-5-8-14-31)40-39(28-30)53(49,50)38-18-12-11-17-37(38)48(40)35-25-23-34(24-26-35)47-45-32-15-9-6-10-16-32/h5-28H,1-4H3/b46-44+,47-45+. The Morgan fingerprint density at radius 1 is 0.547 bits per heavy atom. The van der Waals surface area contributed by atoms with Crippen molar-refractivity contribution >= 4 is 62.2 Å². The molecule has 11 heteroatoms. The molecule has 0 radical (unpaired) electrons. The van der Waals surface area contributed by atoms with E-state index in [0.29, 0.717) is 33.8 Å². The summed E-state index contributed by atoms with van der Waals surface area (Å²) in [6.07, 6.45) is 0. The van der Waals surface area contributed by atoms with Crippen LogP contribution in [0.15, 0.2) is 176 Å². The second kappa shape index (κ2) is 13.3. The summed E-state index contributed by atoms with van der Waals surface area (Å²) in [6, 6.07) is 45.0. The number of fused-ring (bicyclic) bond motifs is 2. The van der Waals surface area contributed by atoms with Gasteiger partial charge in [-0.1, -0.05) is 66.7 Å². The number of para-hydroxylation sites is 1. The van der Waals surface area contributed by atoms with Crippen molar-refractivity contribution in [3.63, 3.8) is 0 Å². The Bertz CT molecular complexity index is 2460. The average Bonchev–Trinajstić information content (AvgIpc) is 3.40. The van der Waals surface area contributed by atoms with Crippen LogP contribution in [0.3, 0.4) is 0 Å². The molecule has 9 nitrogen and oxygen atoms in total. The third-order valence-electron chi connectivity index (χ3n) is 9.89. The predicted octanol–water partition coefficient (Wildman–Crippen LogP) is 11.1. The van der Waals surface area contributed by atoms with Crippen LogP contribution < -0.4 is 10.4 Å². The van der Waals surface area contributed by atoms with E-state index in [1.165, 1.54) is 0 Å². The van der Waals surface area contributed by atoms with Crippen molar-refractivity contribution in [1.29, 1.82) is 0 Å². The fraction of sp³-hybridized carbons (Fsp3) is 0.143. The van der Waals surface area contributed by atoms with Crippen LogP contribution in [0.1, 0.15) is 27.7 Å². The first-order chi connectivity index (χ1) is 25.5. The van der Waals surface area contributed by atoms with Crippen molar-refractivity contribution in [2.45, 2.75) is 48.7 Å². The zero-order valence-electron chi connectivity index (χ0n) is 29.7. The molecule has 262 valence electrons. The number of rotatable bonds is 7. The quantitative estimate of drug-likeness (QED) is 0.121. The van der Waals surface area contributed by atoms with Gasteiger partial charge >= 0.3 is 7.12 Å². The Morgan fingerprint density at radius 2 is 1.02 bits per heavy atom. The third-order valence-corrected chi connectivity index (χ3v) is 11.7. The van der Waals surface area contributed by atoms with Crippen molar-refractivity contribution < 1.29 is 17.7 Å². The van der Waals surface area contributed by atoms with Gasteiger partial charge in [0.1, 0.15) is 0 Å². The average molecular weight is 718 g/mol. The second-order valence-corrected chi connectivity index (χ2v) is 15.8. The van der Waals surface area contributed by atoms with Crippen molar-refractivity contribution in [3.8, 4) is 11.1 Å². The van der Waals surface area contributed by atoms with Gasteiger partial charge in [-0.15, -0.1) is 0 Å². The van der Waals surface area contributed by atoms with Gasteiger partial charge in [-0.3, -0.25) is 0 Å². The zero-order chi connectivity index (χ0) is 36.8. The molecule has 0 bridgehead atoms. The van der Waals surface area contributed by atoms with E-state index in [0.717, 1.165) is 22.6 Å². The number of sulfone groups is 1. The molecule has 2 aliphatic heterocycles. The van der Waals surface area contributed by atoms with Crippen molar-refractivity contribution in [2.24, 2.45) is 20.5 Å². The van der Waals surface area contributed by atoms with Crippen LogP contribution in [-0.4, -0.2) is 26.7 Å². The first kappa shape index (κ1) is 34.3. The molecule has 0 atom stereocenters. The number of azo groups is 2. The van der Waals surface area contributed by atoms with E-state index in [9.17, 15) is 8.42 Å². The van der Waals surface area contributed by atoms with E-state index in [1.54, 1.807) is 18.2 Å². The van der Waals surface area contributed by atoms with Gasteiger partial charge in [-0.05, 0) is 118 Å². The smallest absolute Gasteiger partial charge is 0.399 e. The van der Waals surface area contributed by atoms with Crippen LogP contribution in [-0.2, 0) is 19.1 Å². The van der Waals surface area contributed by atoms with Gasteiger partial charge in [-0.2, -0.15) is 20.5 Å². The van der Waals surface area contributed by atoms with E-state index >= 15 is 0 Å². The highest BCUT2D eigenvalue weighted by atomic mass is 32.2. The summed E-state index contributed by atoms with van der Waals surface area (Å²) in [5.41, 5.74) is 5.43. The minimum Gasteiger partial charge on any atom is -0.399 e. The monoisotopic (exact) mass is 717 g/mol. The van der Waals surface area contributed by atoms with E-state index in [-0.39, 0.29) is 9.79 Å². The zero-order valence-corrected chi connectivity index (χ0v) is 30.5. The lowest BCUT2D eigenvalue weighted by molar-refractivity contribution is 0.00578. The molecule has 0 amide bonds. The van der Waals surface area contributed by atoms with Gasteiger partial charge in [-0.25, -0.2) is 8.42 Å². The van der Waals surface area contributed by atoms with Crippen LogP contribution in [0.2, 0.25) is 0 Å². The summed E-state index contributed by atoms with van der Waals surface area (Å²) in [4.78, 5) is 2.35. The highest BCUT2D eigenvalue weighted by Crippen LogP contribution is 2.52. The Morgan fingerprint density at radius 3 is 1.57 bits per heavy atom. The first-order valence-electron chi connectivity index (χ1n) is 17.3. The molecule has 0 saturated carbocycles. The van der Waals surface area contributed by atoms with Crippen LogP contribution in [0.5, 0.6) is 0 Å². The predicted molar refractivity (Wildman–Crippen MR) is 209 cm³/mol. The number of anilines is 3. The first-order valence-corrected chi connectivity index (χ1v) is 18.8. The Balaban J connectivity index is 1.29. The maximum absolute atomic E-state index is 14.7. The minimum atomic E-state index is -4.00.